The van der Waals surface area contributed by atoms with Crippen LogP contribution in [0.15, 0.2) is 6.58 Å². The second-order valence-electron chi connectivity index (χ2n) is 0. The molecule has 0 aliphatic carbocycles. The van der Waals surface area contributed by atoms with Crippen molar-refractivity contribution < 1.29 is 17.0 Å². The molecule has 0 bridgehead atoms. The van der Waals surface area contributed by atoms with E-state index in [0.29, 0.717) is 0 Å². The van der Waals surface area contributed by atoms with Crippen LogP contribution in [0.2, 0.25) is 0 Å². The fraction of sp³-hybridized carbons (Fsp3) is 0. The third kappa shape index (κ3) is 48.0. The van der Waals surface area contributed by atoms with Gasteiger partial charge in [0.15, 0.2) is 0 Å². The zero-order valence-corrected chi connectivity index (χ0v) is 6.08. The van der Waals surface area contributed by atoms with E-state index in [-0.39, 0.29) is 46.2 Å². The molecule has 1 nitrogen and oxygen atoms in total. The summed E-state index contributed by atoms with van der Waals surface area (Å²) < 4.78 is 0. The minimum Gasteiger partial charge on any atom is -1.00 e. The Morgan fingerprint density at radius 1 is 1.20 bits per heavy atom. The minimum absolute atomic E-state index is 0. The molecule has 0 rings (SSSR count). The smallest absolute Gasteiger partial charge is 1.00 e. The second kappa shape index (κ2) is 86.0. The predicted molar refractivity (Wildman–Crippen MR) is 20.7 cm³/mol. The first-order valence-electron chi connectivity index (χ1n) is 0.408. The van der Waals surface area contributed by atoms with Crippen molar-refractivity contribution in [1.82, 2.24) is 6.15 Å². The van der Waals surface area contributed by atoms with Gasteiger partial charge in [-0.2, -0.15) is 0 Å². The van der Waals surface area contributed by atoms with Crippen LogP contribution in [0, 0.1) is 6.58 Å². The molecule has 0 saturated heterocycles. The van der Waals surface area contributed by atoms with Crippen molar-refractivity contribution in [3.8, 4) is 0 Å². The van der Waals surface area contributed by atoms with Crippen molar-refractivity contribution in [1.29, 1.82) is 0 Å². The average molecular weight is 148 g/mol. The molecule has 0 saturated carbocycles. The van der Waals surface area contributed by atoms with Crippen LogP contribution in [0.5, 0.6) is 0 Å². The van der Waals surface area contributed by atoms with Gasteiger partial charge in [0.2, 0.25) is 0 Å². The molecular formula is C2H6BrMgN. The minimum atomic E-state index is 0. The summed E-state index contributed by atoms with van der Waals surface area (Å²) >= 11 is 0. The van der Waals surface area contributed by atoms with E-state index >= 15 is 0 Å². The van der Waals surface area contributed by atoms with Crippen molar-refractivity contribution in [2.24, 2.45) is 0 Å². The van der Waals surface area contributed by atoms with Gasteiger partial charge in [0, 0.05) is 0 Å². The molecule has 0 unspecified atom stereocenters. The number of rotatable bonds is 0. The molecule has 0 amide bonds. The molecule has 28 valence electrons. The van der Waals surface area contributed by atoms with Crippen LogP contribution >= 0.6 is 0 Å². The summed E-state index contributed by atoms with van der Waals surface area (Å²) in [4.78, 5) is 0. The topological polar surface area (TPSA) is 35.0 Å². The summed E-state index contributed by atoms with van der Waals surface area (Å²) in [5, 5.41) is 0. The van der Waals surface area contributed by atoms with E-state index < -0.39 is 0 Å². The van der Waals surface area contributed by atoms with E-state index in [0.717, 1.165) is 0 Å². The van der Waals surface area contributed by atoms with Crippen molar-refractivity contribution in [2.45, 2.75) is 0 Å². The molecule has 0 fully saturated rings. The maximum Gasteiger partial charge on any atom is 2.00 e. The SMILES string of the molecule is N.[Br-].[CH-]=C.[Mg+2]. The maximum absolute atomic E-state index is 4.25. The summed E-state index contributed by atoms with van der Waals surface area (Å²) in [5.74, 6) is 0. The van der Waals surface area contributed by atoms with Gasteiger partial charge in [-0.3, -0.25) is 6.58 Å². The molecule has 0 aliphatic rings. The molecule has 3 N–H and O–H groups in total. The number of hydrogen-bond acceptors (Lipinski definition) is 1. The number of hydrogen-bond donors (Lipinski definition) is 1. The summed E-state index contributed by atoms with van der Waals surface area (Å²) in [6.07, 6.45) is 0. The Bertz CT molecular complexity index is 9.61. The maximum atomic E-state index is 4.25. The molecule has 0 spiro atoms. The van der Waals surface area contributed by atoms with Gasteiger partial charge in [-0.1, -0.05) is 0 Å². The first kappa shape index (κ1) is 38.4. The Balaban J connectivity index is -0.00000000167. The van der Waals surface area contributed by atoms with E-state index in [4.69, 9.17) is 0 Å². The summed E-state index contributed by atoms with van der Waals surface area (Å²) in [5.41, 5.74) is 0. The zero-order chi connectivity index (χ0) is 2.00. The molecule has 0 heterocycles. The molecule has 0 radical (unpaired) electrons. The van der Waals surface area contributed by atoms with E-state index in [2.05, 4.69) is 13.2 Å². The Hall–Kier alpha value is 0.946. The van der Waals surface area contributed by atoms with Crippen LogP contribution in [0.1, 0.15) is 0 Å². The Morgan fingerprint density at radius 2 is 1.20 bits per heavy atom. The van der Waals surface area contributed by atoms with E-state index in [9.17, 15) is 0 Å². The summed E-state index contributed by atoms with van der Waals surface area (Å²) in [7, 11) is 0. The molecule has 0 aromatic carbocycles. The van der Waals surface area contributed by atoms with Gasteiger partial charge in [0.05, 0.1) is 0 Å². The normalized spacial score (nSPS) is 0.800. The van der Waals surface area contributed by atoms with E-state index in [1.807, 2.05) is 0 Å². The fourth-order valence-corrected chi connectivity index (χ4v) is 0. The Labute approximate surface area is 59.3 Å². The van der Waals surface area contributed by atoms with Crippen molar-refractivity contribution >= 4 is 23.1 Å². The molecule has 5 heavy (non-hydrogen) atoms. The quantitative estimate of drug-likeness (QED) is 0.296. The zero-order valence-electron chi connectivity index (χ0n) is 3.08. The van der Waals surface area contributed by atoms with Gasteiger partial charge in [0.1, 0.15) is 0 Å². The first-order chi connectivity index (χ1) is 1.00. The van der Waals surface area contributed by atoms with Crippen molar-refractivity contribution in [3.05, 3.63) is 13.2 Å². The van der Waals surface area contributed by atoms with Gasteiger partial charge in [-0.25, -0.2) is 0 Å². The van der Waals surface area contributed by atoms with Crippen LogP contribution in [0.25, 0.3) is 0 Å². The second-order valence-corrected chi connectivity index (χ2v) is 0. The van der Waals surface area contributed by atoms with Gasteiger partial charge in [-0.15, -0.1) is 0 Å². The largest absolute Gasteiger partial charge is 2.00 e. The van der Waals surface area contributed by atoms with Gasteiger partial charge < -0.3 is 29.7 Å². The summed E-state index contributed by atoms with van der Waals surface area (Å²) in [6.45, 7) is 7.00. The first-order valence-corrected chi connectivity index (χ1v) is 0.408. The third-order valence-electron chi connectivity index (χ3n) is 0. The molecular weight excluding hydrogens is 142 g/mol. The number of halogens is 1. The van der Waals surface area contributed by atoms with Crippen molar-refractivity contribution in [2.75, 3.05) is 0 Å². The van der Waals surface area contributed by atoms with Crippen LogP contribution in [0.3, 0.4) is 0 Å². The molecule has 3 heteroatoms. The monoisotopic (exact) mass is 147 g/mol. The molecule has 0 aliphatic heterocycles. The Kier molecular flexibility index (Phi) is 661. The third-order valence-corrected chi connectivity index (χ3v) is 0. The standard InChI is InChI=1S/C2H3.BrH.Mg.H3N/c1-2;;;/h1H,2H2;1H;;1H3/q-1;;+2;/p-1. The summed E-state index contributed by atoms with van der Waals surface area (Å²) in [6, 6.07) is 0. The van der Waals surface area contributed by atoms with E-state index in [1.165, 1.54) is 0 Å². The van der Waals surface area contributed by atoms with Crippen LogP contribution < -0.4 is 23.1 Å². The molecule has 0 aromatic rings. The van der Waals surface area contributed by atoms with Crippen LogP contribution in [-0.4, -0.2) is 23.1 Å². The Morgan fingerprint density at radius 3 is 1.20 bits per heavy atom. The van der Waals surface area contributed by atoms with Crippen LogP contribution in [0.4, 0.5) is 0 Å². The van der Waals surface area contributed by atoms with Gasteiger partial charge >= 0.3 is 23.1 Å². The average Bonchev–Trinajstić information content (AvgIpc) is 1.00. The predicted octanol–water partition coefficient (Wildman–Crippen LogP) is -2.61. The van der Waals surface area contributed by atoms with E-state index in [1.54, 1.807) is 0 Å². The van der Waals surface area contributed by atoms with Gasteiger partial charge in [0.25, 0.3) is 0 Å². The van der Waals surface area contributed by atoms with Gasteiger partial charge in [-0.05, 0) is 0 Å². The van der Waals surface area contributed by atoms with Crippen molar-refractivity contribution in [3.63, 3.8) is 0 Å². The molecule has 0 atom stereocenters. The fourth-order valence-electron chi connectivity index (χ4n) is 0. The van der Waals surface area contributed by atoms with Crippen LogP contribution in [-0.2, 0) is 0 Å². The molecule has 0 aromatic heterocycles.